The molecule has 0 fully saturated rings. The first kappa shape index (κ1) is 16.9. The number of hydrogen-bond acceptors (Lipinski definition) is 3. The second-order valence-corrected chi connectivity index (χ2v) is 5.96. The highest BCUT2D eigenvalue weighted by atomic mass is 19.1. The molecule has 0 aliphatic rings. The number of para-hydroxylation sites is 1. The van der Waals surface area contributed by atoms with Crippen molar-refractivity contribution < 1.29 is 9.18 Å². The normalized spacial score (nSPS) is 11.5. The SMILES string of the molecule is CN(C)C/C=C/C(=O)Nc1ccccc1-c1n[nH]c2cc(F)ccc12. The summed E-state index contributed by atoms with van der Waals surface area (Å²) in [6.45, 7) is 0.685. The highest BCUT2D eigenvalue weighted by Gasteiger charge is 2.13. The molecule has 1 heterocycles. The Labute approximate surface area is 145 Å². The molecule has 2 N–H and O–H groups in total. The maximum atomic E-state index is 13.4. The van der Waals surface area contributed by atoms with Gasteiger partial charge in [-0.2, -0.15) is 5.10 Å². The molecule has 3 aromatic rings. The molecule has 0 aliphatic heterocycles. The van der Waals surface area contributed by atoms with Crippen molar-refractivity contribution >= 4 is 22.5 Å². The van der Waals surface area contributed by atoms with Crippen molar-refractivity contribution in [3.63, 3.8) is 0 Å². The molecule has 0 aliphatic carbocycles. The van der Waals surface area contributed by atoms with Crippen molar-refractivity contribution in [2.24, 2.45) is 0 Å². The summed E-state index contributed by atoms with van der Waals surface area (Å²) in [5, 5.41) is 10.8. The van der Waals surface area contributed by atoms with Crippen molar-refractivity contribution in [3.8, 4) is 11.3 Å². The number of H-pyrrole nitrogens is 1. The molecule has 3 rings (SSSR count). The number of benzene rings is 2. The molecule has 1 amide bonds. The lowest BCUT2D eigenvalue weighted by Crippen LogP contribution is -2.13. The topological polar surface area (TPSA) is 61.0 Å². The lowest BCUT2D eigenvalue weighted by molar-refractivity contribution is -0.111. The van der Waals surface area contributed by atoms with Gasteiger partial charge in [-0.15, -0.1) is 0 Å². The third kappa shape index (κ3) is 3.92. The van der Waals surface area contributed by atoms with E-state index < -0.39 is 0 Å². The van der Waals surface area contributed by atoms with Gasteiger partial charge in [0, 0.05) is 23.6 Å². The van der Waals surface area contributed by atoms with E-state index in [-0.39, 0.29) is 11.7 Å². The molecule has 0 atom stereocenters. The maximum Gasteiger partial charge on any atom is 0.248 e. The first-order valence-electron chi connectivity index (χ1n) is 7.90. The van der Waals surface area contributed by atoms with Gasteiger partial charge in [0.1, 0.15) is 11.5 Å². The number of halogens is 1. The summed E-state index contributed by atoms with van der Waals surface area (Å²) in [6.07, 6.45) is 3.31. The Kier molecular flexibility index (Phi) is 4.90. The molecule has 0 unspecified atom stereocenters. The third-order valence-electron chi connectivity index (χ3n) is 3.70. The van der Waals surface area contributed by atoms with Gasteiger partial charge in [0.15, 0.2) is 0 Å². The van der Waals surface area contributed by atoms with Crippen molar-refractivity contribution in [1.29, 1.82) is 0 Å². The number of amides is 1. The largest absolute Gasteiger partial charge is 0.322 e. The first-order valence-corrected chi connectivity index (χ1v) is 7.90. The van der Waals surface area contributed by atoms with Gasteiger partial charge in [-0.3, -0.25) is 9.89 Å². The van der Waals surface area contributed by atoms with Gasteiger partial charge < -0.3 is 10.2 Å². The average Bonchev–Trinajstić information content (AvgIpc) is 2.97. The predicted octanol–water partition coefficient (Wildman–Crippen LogP) is 3.43. The summed E-state index contributed by atoms with van der Waals surface area (Å²) in [7, 11) is 3.87. The fraction of sp³-hybridized carbons (Fsp3) is 0.158. The van der Waals surface area contributed by atoms with E-state index in [1.165, 1.54) is 18.2 Å². The molecule has 25 heavy (non-hydrogen) atoms. The van der Waals surface area contributed by atoms with Crippen LogP contribution in [0.15, 0.2) is 54.6 Å². The number of carbonyl (C=O) groups is 1. The molecule has 0 spiro atoms. The molecule has 0 saturated carbocycles. The van der Waals surface area contributed by atoms with Crippen molar-refractivity contribution in [2.75, 3.05) is 26.0 Å². The molecular weight excluding hydrogens is 319 g/mol. The van der Waals surface area contributed by atoms with Crippen LogP contribution in [0.3, 0.4) is 0 Å². The van der Waals surface area contributed by atoms with Gasteiger partial charge in [0.2, 0.25) is 5.91 Å². The van der Waals surface area contributed by atoms with E-state index in [9.17, 15) is 9.18 Å². The smallest absolute Gasteiger partial charge is 0.248 e. The van der Waals surface area contributed by atoms with Gasteiger partial charge in [-0.25, -0.2) is 4.39 Å². The van der Waals surface area contributed by atoms with E-state index in [0.29, 0.717) is 23.4 Å². The van der Waals surface area contributed by atoms with E-state index in [4.69, 9.17) is 0 Å². The van der Waals surface area contributed by atoms with E-state index in [1.807, 2.05) is 43.3 Å². The number of carbonyl (C=O) groups excluding carboxylic acids is 1. The maximum absolute atomic E-state index is 13.4. The second kappa shape index (κ2) is 7.27. The molecule has 0 radical (unpaired) electrons. The number of nitrogens with one attached hydrogen (secondary N) is 2. The zero-order chi connectivity index (χ0) is 17.8. The lowest BCUT2D eigenvalue weighted by atomic mass is 10.1. The minimum Gasteiger partial charge on any atom is -0.322 e. The summed E-state index contributed by atoms with van der Waals surface area (Å²) in [6, 6.07) is 11.9. The molecule has 6 heteroatoms. The summed E-state index contributed by atoms with van der Waals surface area (Å²) in [5.41, 5.74) is 2.71. The Bertz CT molecular complexity index is 930. The highest BCUT2D eigenvalue weighted by Crippen LogP contribution is 2.32. The summed E-state index contributed by atoms with van der Waals surface area (Å²) >= 11 is 0. The van der Waals surface area contributed by atoms with Crippen molar-refractivity contribution in [3.05, 3.63) is 60.4 Å². The number of fused-ring (bicyclic) bond motifs is 1. The molecule has 0 bridgehead atoms. The number of likely N-dealkylation sites (N-methyl/N-ethyl adjacent to an activating group) is 1. The lowest BCUT2D eigenvalue weighted by Gasteiger charge is -2.09. The Morgan fingerprint density at radius 3 is 2.88 bits per heavy atom. The van der Waals surface area contributed by atoms with Gasteiger partial charge in [-0.05, 0) is 38.4 Å². The van der Waals surface area contributed by atoms with Crippen molar-refractivity contribution in [1.82, 2.24) is 15.1 Å². The fourth-order valence-corrected chi connectivity index (χ4v) is 2.54. The number of aromatic nitrogens is 2. The van der Waals surface area contributed by atoms with Crippen LogP contribution < -0.4 is 5.32 Å². The fourth-order valence-electron chi connectivity index (χ4n) is 2.54. The van der Waals surface area contributed by atoms with E-state index in [1.54, 1.807) is 12.1 Å². The zero-order valence-corrected chi connectivity index (χ0v) is 14.1. The van der Waals surface area contributed by atoms with Crippen LogP contribution in [0.5, 0.6) is 0 Å². The molecule has 0 saturated heterocycles. The van der Waals surface area contributed by atoms with Gasteiger partial charge in [0.05, 0.1) is 11.2 Å². The standard InChI is InChI=1S/C19H19FN4O/c1-24(2)11-5-8-18(25)21-16-7-4-3-6-14(16)19-15-10-9-13(20)12-17(15)22-23-19/h3-10,12H,11H2,1-2H3,(H,21,25)(H,22,23)/b8-5+. The van der Waals surface area contributed by atoms with Crippen LogP contribution in [0.25, 0.3) is 22.2 Å². The molecular formula is C19H19FN4O. The minimum atomic E-state index is -0.324. The average molecular weight is 338 g/mol. The first-order chi connectivity index (χ1) is 12.0. The van der Waals surface area contributed by atoms with Gasteiger partial charge in [-0.1, -0.05) is 24.3 Å². The van der Waals surface area contributed by atoms with E-state index in [0.717, 1.165) is 10.9 Å². The van der Waals surface area contributed by atoms with Crippen LogP contribution in [0.1, 0.15) is 0 Å². The Morgan fingerprint density at radius 2 is 2.08 bits per heavy atom. The van der Waals surface area contributed by atoms with Crippen LogP contribution >= 0.6 is 0 Å². The Hall–Kier alpha value is -2.99. The quantitative estimate of drug-likeness (QED) is 0.701. The Balaban J connectivity index is 1.90. The summed E-state index contributed by atoms with van der Waals surface area (Å²) in [4.78, 5) is 14.1. The number of aromatic amines is 1. The molecule has 5 nitrogen and oxygen atoms in total. The van der Waals surface area contributed by atoms with E-state index in [2.05, 4.69) is 15.5 Å². The second-order valence-electron chi connectivity index (χ2n) is 5.96. The number of hydrogen-bond donors (Lipinski definition) is 2. The highest BCUT2D eigenvalue weighted by molar-refractivity contribution is 6.04. The molecule has 128 valence electrons. The number of rotatable bonds is 5. The number of anilines is 1. The van der Waals surface area contributed by atoms with E-state index >= 15 is 0 Å². The van der Waals surface area contributed by atoms with Crippen LogP contribution in [0.2, 0.25) is 0 Å². The Morgan fingerprint density at radius 1 is 1.28 bits per heavy atom. The molecule has 1 aromatic heterocycles. The summed E-state index contributed by atoms with van der Waals surface area (Å²) in [5.74, 6) is -0.532. The summed E-state index contributed by atoms with van der Waals surface area (Å²) < 4.78 is 13.4. The van der Waals surface area contributed by atoms with Crippen LogP contribution in [-0.4, -0.2) is 41.6 Å². The monoisotopic (exact) mass is 338 g/mol. The molecule has 2 aromatic carbocycles. The van der Waals surface area contributed by atoms with Gasteiger partial charge in [0.25, 0.3) is 0 Å². The predicted molar refractivity (Wildman–Crippen MR) is 97.8 cm³/mol. The third-order valence-corrected chi connectivity index (χ3v) is 3.70. The van der Waals surface area contributed by atoms with Crippen LogP contribution in [-0.2, 0) is 4.79 Å². The minimum absolute atomic E-state index is 0.208. The van der Waals surface area contributed by atoms with Crippen LogP contribution in [0.4, 0.5) is 10.1 Å². The van der Waals surface area contributed by atoms with Gasteiger partial charge >= 0.3 is 0 Å². The van der Waals surface area contributed by atoms with Crippen molar-refractivity contribution in [2.45, 2.75) is 0 Å². The zero-order valence-electron chi connectivity index (χ0n) is 14.1. The number of nitrogens with zero attached hydrogens (tertiary/aromatic N) is 2. The van der Waals surface area contributed by atoms with Crippen LogP contribution in [0, 0.1) is 5.82 Å².